The van der Waals surface area contributed by atoms with Crippen molar-refractivity contribution in [1.29, 1.82) is 0 Å². The predicted octanol–water partition coefficient (Wildman–Crippen LogP) is 0.119. The smallest absolute Gasteiger partial charge is 0.332 e. The standard InChI is InChI=1S/C11H20N2O4/c1-7-5-13(6-8(7)2)11(17)12-4-3-9(14)10(15)16/h7-9,14H,3-6H2,1-2H3,(H,12,17)(H,15,16). The van der Waals surface area contributed by atoms with E-state index in [0.29, 0.717) is 11.8 Å². The van der Waals surface area contributed by atoms with Gasteiger partial charge in [0.05, 0.1) is 0 Å². The molecule has 0 radical (unpaired) electrons. The first-order valence-corrected chi connectivity index (χ1v) is 5.85. The summed E-state index contributed by atoms with van der Waals surface area (Å²) in [5.74, 6) is -0.279. The highest BCUT2D eigenvalue weighted by atomic mass is 16.4. The minimum absolute atomic E-state index is 0.0278. The van der Waals surface area contributed by atoms with Crippen molar-refractivity contribution in [1.82, 2.24) is 10.2 Å². The number of aliphatic hydroxyl groups is 1. The average molecular weight is 244 g/mol. The van der Waals surface area contributed by atoms with Crippen LogP contribution in [0.2, 0.25) is 0 Å². The summed E-state index contributed by atoms with van der Waals surface area (Å²) < 4.78 is 0. The molecule has 0 bridgehead atoms. The summed E-state index contributed by atoms with van der Waals surface area (Å²) in [5, 5.41) is 20.1. The van der Waals surface area contributed by atoms with Gasteiger partial charge in [-0.15, -0.1) is 0 Å². The van der Waals surface area contributed by atoms with Crippen molar-refractivity contribution in [2.24, 2.45) is 11.8 Å². The Hall–Kier alpha value is -1.30. The van der Waals surface area contributed by atoms with Gasteiger partial charge in [0, 0.05) is 26.1 Å². The topological polar surface area (TPSA) is 89.9 Å². The van der Waals surface area contributed by atoms with Gasteiger partial charge in [0.25, 0.3) is 0 Å². The summed E-state index contributed by atoms with van der Waals surface area (Å²) in [6.07, 6.45) is -1.38. The van der Waals surface area contributed by atoms with Crippen molar-refractivity contribution in [2.75, 3.05) is 19.6 Å². The largest absolute Gasteiger partial charge is 0.479 e. The van der Waals surface area contributed by atoms with Crippen molar-refractivity contribution < 1.29 is 19.8 Å². The number of rotatable bonds is 4. The van der Waals surface area contributed by atoms with Gasteiger partial charge in [-0.25, -0.2) is 9.59 Å². The molecule has 1 fully saturated rings. The number of carboxylic acid groups (broad SMARTS) is 1. The molecule has 6 heteroatoms. The van der Waals surface area contributed by atoms with E-state index in [0.717, 1.165) is 13.1 Å². The fourth-order valence-electron chi connectivity index (χ4n) is 1.85. The van der Waals surface area contributed by atoms with Crippen LogP contribution in [0.5, 0.6) is 0 Å². The number of carbonyl (C=O) groups excluding carboxylic acids is 1. The molecule has 3 unspecified atom stereocenters. The monoisotopic (exact) mass is 244 g/mol. The van der Waals surface area contributed by atoms with Gasteiger partial charge in [0.1, 0.15) is 0 Å². The van der Waals surface area contributed by atoms with Crippen molar-refractivity contribution in [3.8, 4) is 0 Å². The van der Waals surface area contributed by atoms with Crippen LogP contribution in [0.15, 0.2) is 0 Å². The predicted molar refractivity (Wildman–Crippen MR) is 61.6 cm³/mol. The van der Waals surface area contributed by atoms with Crippen LogP contribution < -0.4 is 5.32 Å². The summed E-state index contributed by atoms with van der Waals surface area (Å²) in [7, 11) is 0. The normalized spacial score (nSPS) is 25.7. The first kappa shape index (κ1) is 13.8. The van der Waals surface area contributed by atoms with Crippen LogP contribution in [-0.4, -0.2) is 52.9 Å². The Balaban J connectivity index is 2.24. The quantitative estimate of drug-likeness (QED) is 0.655. The zero-order valence-corrected chi connectivity index (χ0v) is 10.2. The maximum atomic E-state index is 11.7. The van der Waals surface area contributed by atoms with E-state index >= 15 is 0 Å². The third kappa shape index (κ3) is 3.89. The van der Waals surface area contributed by atoms with E-state index in [1.54, 1.807) is 4.90 Å². The van der Waals surface area contributed by atoms with Crippen LogP contribution in [-0.2, 0) is 4.79 Å². The second-order valence-corrected chi connectivity index (χ2v) is 4.73. The molecular formula is C11H20N2O4. The summed E-state index contributed by atoms with van der Waals surface area (Å²) in [6.45, 7) is 5.84. The first-order valence-electron chi connectivity index (χ1n) is 5.85. The Bertz CT molecular complexity index is 285. The van der Waals surface area contributed by atoms with E-state index in [2.05, 4.69) is 19.2 Å². The molecule has 17 heavy (non-hydrogen) atoms. The molecular weight excluding hydrogens is 224 g/mol. The second kappa shape index (κ2) is 5.86. The zero-order valence-electron chi connectivity index (χ0n) is 10.2. The van der Waals surface area contributed by atoms with E-state index in [-0.39, 0.29) is 19.0 Å². The van der Waals surface area contributed by atoms with Gasteiger partial charge in [-0.3, -0.25) is 0 Å². The van der Waals surface area contributed by atoms with E-state index in [4.69, 9.17) is 10.2 Å². The average Bonchev–Trinajstić information content (AvgIpc) is 2.59. The van der Waals surface area contributed by atoms with Crippen LogP contribution in [0.25, 0.3) is 0 Å². The van der Waals surface area contributed by atoms with Gasteiger partial charge in [-0.1, -0.05) is 13.8 Å². The van der Waals surface area contributed by atoms with Gasteiger partial charge in [-0.05, 0) is 11.8 Å². The molecule has 0 aliphatic carbocycles. The van der Waals surface area contributed by atoms with Gasteiger partial charge in [0.2, 0.25) is 0 Å². The lowest BCUT2D eigenvalue weighted by molar-refractivity contribution is -0.146. The molecule has 1 aliphatic heterocycles. The third-order valence-electron chi connectivity index (χ3n) is 3.25. The third-order valence-corrected chi connectivity index (χ3v) is 3.25. The molecule has 0 aromatic heterocycles. The van der Waals surface area contributed by atoms with Crippen LogP contribution >= 0.6 is 0 Å². The van der Waals surface area contributed by atoms with Gasteiger partial charge >= 0.3 is 12.0 Å². The highest BCUT2D eigenvalue weighted by Gasteiger charge is 2.29. The fourth-order valence-corrected chi connectivity index (χ4v) is 1.85. The molecule has 1 aliphatic rings. The van der Waals surface area contributed by atoms with E-state index in [1.165, 1.54) is 0 Å². The molecule has 1 saturated heterocycles. The molecule has 1 heterocycles. The Morgan fingerprint density at radius 1 is 1.35 bits per heavy atom. The van der Waals surface area contributed by atoms with Crippen molar-refractivity contribution in [3.05, 3.63) is 0 Å². The van der Waals surface area contributed by atoms with Crippen molar-refractivity contribution >= 4 is 12.0 Å². The number of carbonyl (C=O) groups is 2. The van der Waals surface area contributed by atoms with Gasteiger partial charge in [0.15, 0.2) is 6.10 Å². The zero-order chi connectivity index (χ0) is 13.0. The molecule has 0 spiro atoms. The van der Waals surface area contributed by atoms with Crippen LogP contribution in [0.4, 0.5) is 4.79 Å². The molecule has 0 aromatic carbocycles. The van der Waals surface area contributed by atoms with E-state index in [9.17, 15) is 9.59 Å². The lowest BCUT2D eigenvalue weighted by Gasteiger charge is -2.17. The van der Waals surface area contributed by atoms with Crippen LogP contribution in [0.1, 0.15) is 20.3 Å². The first-order chi connectivity index (χ1) is 7.91. The second-order valence-electron chi connectivity index (χ2n) is 4.73. The maximum absolute atomic E-state index is 11.7. The molecule has 98 valence electrons. The summed E-state index contributed by atoms with van der Waals surface area (Å²) >= 11 is 0. The number of hydrogen-bond acceptors (Lipinski definition) is 3. The number of nitrogens with zero attached hydrogens (tertiary/aromatic N) is 1. The molecule has 0 saturated carbocycles. The Labute approximate surface area is 101 Å². The van der Waals surface area contributed by atoms with Crippen molar-refractivity contribution in [3.63, 3.8) is 0 Å². The van der Waals surface area contributed by atoms with Crippen LogP contribution in [0.3, 0.4) is 0 Å². The molecule has 3 atom stereocenters. The number of amides is 2. The van der Waals surface area contributed by atoms with Crippen LogP contribution in [0, 0.1) is 11.8 Å². The van der Waals surface area contributed by atoms with Gasteiger partial charge in [-0.2, -0.15) is 0 Å². The number of likely N-dealkylation sites (tertiary alicyclic amines) is 1. The molecule has 2 amide bonds. The Kier molecular flexibility index (Phi) is 4.74. The van der Waals surface area contributed by atoms with E-state index in [1.807, 2.05) is 0 Å². The Morgan fingerprint density at radius 2 is 1.88 bits per heavy atom. The number of aliphatic hydroxyl groups excluding tert-OH is 1. The summed E-state index contributed by atoms with van der Waals surface area (Å²) in [4.78, 5) is 23.7. The number of nitrogens with one attached hydrogen (secondary N) is 1. The Morgan fingerprint density at radius 3 is 2.35 bits per heavy atom. The lowest BCUT2D eigenvalue weighted by Crippen LogP contribution is -2.40. The van der Waals surface area contributed by atoms with Crippen molar-refractivity contribution in [2.45, 2.75) is 26.4 Å². The fraction of sp³-hybridized carbons (Fsp3) is 0.818. The number of aliphatic carboxylic acids is 1. The molecule has 6 nitrogen and oxygen atoms in total. The minimum Gasteiger partial charge on any atom is -0.479 e. The van der Waals surface area contributed by atoms with E-state index < -0.39 is 12.1 Å². The highest BCUT2D eigenvalue weighted by Crippen LogP contribution is 2.21. The summed E-state index contributed by atoms with van der Waals surface area (Å²) in [5.41, 5.74) is 0. The molecule has 1 rings (SSSR count). The maximum Gasteiger partial charge on any atom is 0.332 e. The minimum atomic E-state index is -1.41. The highest BCUT2D eigenvalue weighted by molar-refractivity contribution is 5.75. The molecule has 3 N–H and O–H groups in total. The van der Waals surface area contributed by atoms with Gasteiger partial charge < -0.3 is 20.4 Å². The number of urea groups is 1. The lowest BCUT2D eigenvalue weighted by atomic mass is 10.0. The SMILES string of the molecule is CC1CN(C(=O)NCCC(O)C(=O)O)CC1C. The molecule has 0 aromatic rings. The number of hydrogen-bond donors (Lipinski definition) is 3. The number of carboxylic acids is 1. The summed E-state index contributed by atoms with van der Waals surface area (Å²) in [6, 6.07) is -0.182.